The van der Waals surface area contributed by atoms with E-state index < -0.39 is 20.4 Å². The van der Waals surface area contributed by atoms with Gasteiger partial charge < -0.3 is 5.32 Å². The van der Waals surface area contributed by atoms with E-state index in [9.17, 15) is 18.5 Å². The lowest BCUT2D eigenvalue weighted by Gasteiger charge is -2.08. The van der Waals surface area contributed by atoms with Crippen molar-refractivity contribution >= 4 is 21.2 Å². The molecule has 0 fully saturated rings. The van der Waals surface area contributed by atoms with Gasteiger partial charge in [0.2, 0.25) is 0 Å². The van der Waals surface area contributed by atoms with E-state index in [4.69, 9.17) is 0 Å². The summed E-state index contributed by atoms with van der Waals surface area (Å²) in [5.74, 6) is 0. The number of sulfone groups is 1. The molecular weight excluding hydrogens is 320 g/mol. The van der Waals surface area contributed by atoms with Crippen molar-refractivity contribution in [1.82, 2.24) is 9.78 Å². The molecule has 124 valence electrons. The highest BCUT2D eigenvalue weighted by molar-refractivity contribution is 7.90. The molecule has 1 aromatic carbocycles. The highest BCUT2D eigenvalue weighted by Crippen LogP contribution is 2.27. The monoisotopic (exact) mass is 338 g/mol. The Labute approximate surface area is 134 Å². The fourth-order valence-electron chi connectivity index (χ4n) is 2.30. The lowest BCUT2D eigenvalue weighted by atomic mass is 10.2. The first-order chi connectivity index (χ1) is 10.7. The number of nitro groups is 1. The van der Waals surface area contributed by atoms with Gasteiger partial charge in [-0.1, -0.05) is 6.92 Å². The Balaban J connectivity index is 2.29. The minimum Gasteiger partial charge on any atom is -0.381 e. The number of nitro benzene ring substituents is 1. The zero-order chi connectivity index (χ0) is 17.2. The number of rotatable bonds is 6. The van der Waals surface area contributed by atoms with Crippen LogP contribution in [0.1, 0.15) is 18.2 Å². The quantitative estimate of drug-likeness (QED) is 0.637. The molecule has 0 aliphatic carbocycles. The minimum absolute atomic E-state index is 0.297. The van der Waals surface area contributed by atoms with Gasteiger partial charge in [-0.15, -0.1) is 0 Å². The van der Waals surface area contributed by atoms with Crippen LogP contribution in [0.4, 0.5) is 11.4 Å². The van der Waals surface area contributed by atoms with Gasteiger partial charge in [-0.25, -0.2) is 8.42 Å². The fraction of sp³-hybridized carbons (Fsp3) is 0.357. The summed E-state index contributed by atoms with van der Waals surface area (Å²) in [5.41, 5.74) is 2.02. The molecule has 23 heavy (non-hydrogen) atoms. The molecule has 2 rings (SSSR count). The van der Waals surface area contributed by atoms with Crippen LogP contribution >= 0.6 is 0 Å². The predicted molar refractivity (Wildman–Crippen MR) is 86.1 cm³/mol. The number of benzene rings is 1. The van der Waals surface area contributed by atoms with Gasteiger partial charge in [-0.2, -0.15) is 5.10 Å². The van der Waals surface area contributed by atoms with Crippen LogP contribution in [-0.4, -0.2) is 29.4 Å². The number of nitrogens with one attached hydrogen (secondary N) is 1. The van der Waals surface area contributed by atoms with Crippen LogP contribution in [-0.2, 0) is 29.9 Å². The second-order valence-electron chi connectivity index (χ2n) is 5.19. The maximum absolute atomic E-state index is 11.7. The normalized spacial score (nSPS) is 11.4. The topological polar surface area (TPSA) is 107 Å². The second-order valence-corrected chi connectivity index (χ2v) is 7.18. The number of nitrogens with zero attached hydrogens (tertiary/aromatic N) is 3. The van der Waals surface area contributed by atoms with Crippen LogP contribution in [0, 0.1) is 10.1 Å². The van der Waals surface area contributed by atoms with Crippen LogP contribution in [0.3, 0.4) is 0 Å². The van der Waals surface area contributed by atoms with E-state index in [0.717, 1.165) is 23.9 Å². The van der Waals surface area contributed by atoms with Crippen molar-refractivity contribution in [3.05, 3.63) is 45.8 Å². The summed E-state index contributed by atoms with van der Waals surface area (Å²) in [6, 6.07) is 3.98. The maximum Gasteiger partial charge on any atom is 0.288 e. The summed E-state index contributed by atoms with van der Waals surface area (Å²) < 4.78 is 25.2. The molecule has 1 N–H and O–H groups in total. The molecule has 0 aliphatic rings. The van der Waals surface area contributed by atoms with E-state index in [-0.39, 0.29) is 4.90 Å². The van der Waals surface area contributed by atoms with E-state index in [1.807, 2.05) is 20.2 Å². The van der Waals surface area contributed by atoms with E-state index in [1.54, 1.807) is 4.68 Å². The standard InChI is InChI=1S/C14H18N4O4S/c1-4-12-10(9-17(2)16-12)8-15-11-5-6-13(18(19)20)14(7-11)23(3,21)22/h5-7,9,15H,4,8H2,1-3H3. The average Bonchev–Trinajstić information content (AvgIpc) is 2.84. The number of hydrogen-bond acceptors (Lipinski definition) is 6. The molecule has 2 aromatic rings. The predicted octanol–water partition coefficient (Wildman–Crippen LogP) is 1.91. The molecular formula is C14H18N4O4S. The third-order valence-electron chi connectivity index (χ3n) is 3.37. The van der Waals surface area contributed by atoms with Crippen molar-refractivity contribution in [1.29, 1.82) is 0 Å². The Bertz CT molecular complexity index is 842. The molecule has 0 spiro atoms. The molecule has 8 nitrogen and oxygen atoms in total. The molecule has 0 aliphatic heterocycles. The third kappa shape index (κ3) is 3.86. The van der Waals surface area contributed by atoms with E-state index in [0.29, 0.717) is 12.2 Å². The lowest BCUT2D eigenvalue weighted by Crippen LogP contribution is -2.06. The van der Waals surface area contributed by atoms with Crippen LogP contribution < -0.4 is 5.32 Å². The van der Waals surface area contributed by atoms with Crippen LogP contribution in [0.15, 0.2) is 29.3 Å². The first kappa shape index (κ1) is 16.9. The second kappa shape index (κ2) is 6.37. The van der Waals surface area contributed by atoms with Gasteiger partial charge in [-0.3, -0.25) is 14.8 Å². The van der Waals surface area contributed by atoms with Crippen molar-refractivity contribution in [2.45, 2.75) is 24.8 Å². The zero-order valence-electron chi connectivity index (χ0n) is 13.1. The van der Waals surface area contributed by atoms with Crippen LogP contribution in [0.2, 0.25) is 0 Å². The highest BCUT2D eigenvalue weighted by atomic mass is 32.2. The van der Waals surface area contributed by atoms with E-state index >= 15 is 0 Å². The Kier molecular flexibility index (Phi) is 4.69. The lowest BCUT2D eigenvalue weighted by molar-refractivity contribution is -0.387. The molecule has 1 heterocycles. The zero-order valence-corrected chi connectivity index (χ0v) is 13.9. The van der Waals surface area contributed by atoms with E-state index in [2.05, 4.69) is 10.4 Å². The van der Waals surface area contributed by atoms with Gasteiger partial charge in [0.1, 0.15) is 4.90 Å². The van der Waals surface area contributed by atoms with Gasteiger partial charge in [-0.05, 0) is 18.6 Å². The van der Waals surface area contributed by atoms with Gasteiger partial charge in [0.05, 0.1) is 10.6 Å². The summed E-state index contributed by atoms with van der Waals surface area (Å²) in [6.45, 7) is 2.46. The number of hydrogen-bond donors (Lipinski definition) is 1. The van der Waals surface area contributed by atoms with Crippen molar-refractivity contribution in [2.24, 2.45) is 7.05 Å². The van der Waals surface area contributed by atoms with Gasteiger partial charge >= 0.3 is 0 Å². The Morgan fingerprint density at radius 2 is 2.09 bits per heavy atom. The summed E-state index contributed by atoms with van der Waals surface area (Å²) in [6.07, 6.45) is 3.62. The summed E-state index contributed by atoms with van der Waals surface area (Å²) in [7, 11) is -1.86. The van der Waals surface area contributed by atoms with E-state index in [1.165, 1.54) is 18.2 Å². The molecule has 0 unspecified atom stereocenters. The van der Waals surface area contributed by atoms with Crippen molar-refractivity contribution in [3.8, 4) is 0 Å². The Hall–Kier alpha value is -2.42. The summed E-state index contributed by atoms with van der Waals surface area (Å²) in [5, 5.41) is 18.4. The van der Waals surface area contributed by atoms with Gasteiger partial charge in [0.25, 0.3) is 5.69 Å². The van der Waals surface area contributed by atoms with Crippen molar-refractivity contribution in [3.63, 3.8) is 0 Å². The first-order valence-corrected chi connectivity index (χ1v) is 8.85. The molecule has 9 heteroatoms. The average molecular weight is 338 g/mol. The molecule has 0 amide bonds. The SMILES string of the molecule is CCc1nn(C)cc1CNc1ccc([N+](=O)[O-])c(S(C)(=O)=O)c1. The first-order valence-electron chi connectivity index (χ1n) is 6.96. The number of aryl methyl sites for hydroxylation is 2. The Morgan fingerprint density at radius 1 is 1.39 bits per heavy atom. The molecule has 0 radical (unpaired) electrons. The van der Waals surface area contributed by atoms with Crippen molar-refractivity contribution in [2.75, 3.05) is 11.6 Å². The number of anilines is 1. The highest BCUT2D eigenvalue weighted by Gasteiger charge is 2.22. The van der Waals surface area contributed by atoms with Gasteiger partial charge in [0, 0.05) is 43.4 Å². The maximum atomic E-state index is 11.7. The molecule has 0 atom stereocenters. The Morgan fingerprint density at radius 3 is 2.65 bits per heavy atom. The smallest absolute Gasteiger partial charge is 0.288 e. The third-order valence-corrected chi connectivity index (χ3v) is 4.49. The summed E-state index contributed by atoms with van der Waals surface area (Å²) >= 11 is 0. The molecule has 0 bridgehead atoms. The van der Waals surface area contributed by atoms with Gasteiger partial charge in [0.15, 0.2) is 9.84 Å². The van der Waals surface area contributed by atoms with Crippen LogP contribution in [0.5, 0.6) is 0 Å². The molecule has 0 saturated carbocycles. The van der Waals surface area contributed by atoms with Crippen molar-refractivity contribution < 1.29 is 13.3 Å². The molecule has 0 saturated heterocycles. The summed E-state index contributed by atoms with van der Waals surface area (Å²) in [4.78, 5) is 9.96. The minimum atomic E-state index is -3.69. The fourth-order valence-corrected chi connectivity index (χ4v) is 3.16. The number of aromatic nitrogens is 2. The van der Waals surface area contributed by atoms with Crippen LogP contribution in [0.25, 0.3) is 0 Å². The largest absolute Gasteiger partial charge is 0.381 e. The molecule has 1 aromatic heterocycles.